The van der Waals surface area contributed by atoms with Crippen LogP contribution in [0, 0.1) is 15.2 Å². The van der Waals surface area contributed by atoms with Gasteiger partial charge < -0.3 is 11.1 Å². The molecule has 0 radical (unpaired) electrons. The number of hydrogen-bond donors (Lipinski definition) is 2. The highest BCUT2D eigenvalue weighted by atomic mass is 127. The third-order valence-corrected chi connectivity index (χ3v) is 2.38. The van der Waals surface area contributed by atoms with Gasteiger partial charge in [0.15, 0.2) is 5.11 Å². The SMILES string of the molecule is NC(=S)Nc1cc(F)c(I)c(F)c1. The molecule has 2 nitrogen and oxygen atoms in total. The minimum absolute atomic E-state index is 0.0278. The molecule has 0 aliphatic heterocycles. The lowest BCUT2D eigenvalue weighted by Gasteiger charge is -2.05. The van der Waals surface area contributed by atoms with E-state index in [9.17, 15) is 8.78 Å². The second-order valence-electron chi connectivity index (χ2n) is 2.24. The van der Waals surface area contributed by atoms with Crippen molar-refractivity contribution in [3.8, 4) is 0 Å². The highest BCUT2D eigenvalue weighted by molar-refractivity contribution is 14.1. The molecular weight excluding hydrogens is 309 g/mol. The molecule has 0 spiro atoms. The average Bonchev–Trinajstić information content (AvgIpc) is 1.98. The van der Waals surface area contributed by atoms with E-state index >= 15 is 0 Å². The highest BCUT2D eigenvalue weighted by Crippen LogP contribution is 2.20. The maximum Gasteiger partial charge on any atom is 0.168 e. The largest absolute Gasteiger partial charge is 0.376 e. The van der Waals surface area contributed by atoms with E-state index in [4.69, 9.17) is 5.73 Å². The van der Waals surface area contributed by atoms with Gasteiger partial charge in [-0.25, -0.2) is 8.78 Å². The van der Waals surface area contributed by atoms with Crippen LogP contribution in [-0.2, 0) is 0 Å². The molecule has 0 aromatic heterocycles. The molecular formula is C7H5F2IN2S. The van der Waals surface area contributed by atoms with Gasteiger partial charge in [0, 0.05) is 5.69 Å². The number of halogens is 3. The molecule has 0 saturated carbocycles. The van der Waals surface area contributed by atoms with Crippen LogP contribution in [0.5, 0.6) is 0 Å². The number of nitrogens with two attached hydrogens (primary N) is 1. The highest BCUT2D eigenvalue weighted by Gasteiger charge is 2.07. The minimum Gasteiger partial charge on any atom is -0.376 e. The maximum atomic E-state index is 12.9. The van der Waals surface area contributed by atoms with Crippen LogP contribution >= 0.6 is 34.8 Å². The number of nitrogens with one attached hydrogen (secondary N) is 1. The van der Waals surface area contributed by atoms with Gasteiger partial charge in [-0.15, -0.1) is 0 Å². The van der Waals surface area contributed by atoms with Gasteiger partial charge in [-0.3, -0.25) is 0 Å². The Morgan fingerprint density at radius 2 is 1.85 bits per heavy atom. The van der Waals surface area contributed by atoms with Crippen molar-refractivity contribution in [3.05, 3.63) is 27.3 Å². The Kier molecular flexibility index (Phi) is 3.37. The lowest BCUT2D eigenvalue weighted by Crippen LogP contribution is -2.19. The van der Waals surface area contributed by atoms with Crippen LogP contribution in [0.25, 0.3) is 0 Å². The molecule has 0 amide bonds. The Morgan fingerprint density at radius 1 is 1.38 bits per heavy atom. The molecule has 70 valence electrons. The van der Waals surface area contributed by atoms with E-state index in [2.05, 4.69) is 17.5 Å². The number of anilines is 1. The zero-order valence-electron chi connectivity index (χ0n) is 6.27. The molecule has 0 fully saturated rings. The Labute approximate surface area is 92.6 Å². The molecule has 0 aliphatic carbocycles. The Balaban J connectivity index is 3.06. The summed E-state index contributed by atoms with van der Waals surface area (Å²) in [6.07, 6.45) is 0. The second-order valence-corrected chi connectivity index (χ2v) is 3.76. The van der Waals surface area contributed by atoms with Crippen molar-refractivity contribution < 1.29 is 8.78 Å². The Bertz CT molecular complexity index is 333. The molecule has 0 saturated heterocycles. The standard InChI is InChI=1S/C7H5F2IN2S/c8-4-1-3(12-7(11)13)2-5(9)6(4)10/h1-2H,(H3,11,12,13). The average molecular weight is 314 g/mol. The van der Waals surface area contributed by atoms with Crippen LogP contribution in [0.2, 0.25) is 0 Å². The lowest BCUT2D eigenvalue weighted by molar-refractivity contribution is 0.571. The first-order valence-electron chi connectivity index (χ1n) is 3.21. The van der Waals surface area contributed by atoms with Crippen molar-refractivity contribution in [2.24, 2.45) is 5.73 Å². The summed E-state index contributed by atoms with van der Waals surface area (Å²) in [4.78, 5) is 0. The molecule has 1 aromatic rings. The van der Waals surface area contributed by atoms with Crippen molar-refractivity contribution in [3.63, 3.8) is 0 Å². The molecule has 0 aliphatic rings. The zero-order chi connectivity index (χ0) is 10.0. The molecule has 0 heterocycles. The van der Waals surface area contributed by atoms with E-state index in [1.54, 1.807) is 22.6 Å². The Hall–Kier alpha value is -0.500. The number of thiocarbonyl (C=S) groups is 1. The quantitative estimate of drug-likeness (QED) is 0.474. The van der Waals surface area contributed by atoms with Gasteiger partial charge >= 0.3 is 0 Å². The van der Waals surface area contributed by atoms with E-state index in [0.717, 1.165) is 12.1 Å². The van der Waals surface area contributed by atoms with Gasteiger partial charge in [-0.2, -0.15) is 0 Å². The van der Waals surface area contributed by atoms with Crippen LogP contribution in [0.4, 0.5) is 14.5 Å². The number of hydrogen-bond acceptors (Lipinski definition) is 1. The lowest BCUT2D eigenvalue weighted by atomic mass is 10.3. The summed E-state index contributed by atoms with van der Waals surface area (Å²) in [5.41, 5.74) is 5.35. The fraction of sp³-hybridized carbons (Fsp3) is 0. The van der Waals surface area contributed by atoms with Crippen molar-refractivity contribution in [1.29, 1.82) is 0 Å². The maximum absolute atomic E-state index is 12.9. The molecule has 3 N–H and O–H groups in total. The van der Waals surface area contributed by atoms with Crippen LogP contribution in [-0.4, -0.2) is 5.11 Å². The summed E-state index contributed by atoms with van der Waals surface area (Å²) in [5.74, 6) is -1.28. The first-order chi connectivity index (χ1) is 6.00. The molecule has 1 aromatic carbocycles. The molecule has 0 atom stereocenters. The normalized spacial score (nSPS) is 9.77. The van der Waals surface area contributed by atoms with Crippen LogP contribution in [0.1, 0.15) is 0 Å². The third kappa shape index (κ3) is 2.73. The molecule has 0 bridgehead atoms. The van der Waals surface area contributed by atoms with E-state index in [0.29, 0.717) is 0 Å². The summed E-state index contributed by atoms with van der Waals surface area (Å²) in [5, 5.41) is 2.41. The van der Waals surface area contributed by atoms with Crippen LogP contribution in [0.3, 0.4) is 0 Å². The van der Waals surface area contributed by atoms with Crippen LogP contribution in [0.15, 0.2) is 12.1 Å². The zero-order valence-corrected chi connectivity index (χ0v) is 9.25. The molecule has 13 heavy (non-hydrogen) atoms. The van der Waals surface area contributed by atoms with E-state index in [1.807, 2.05) is 0 Å². The first-order valence-corrected chi connectivity index (χ1v) is 4.70. The monoisotopic (exact) mass is 314 g/mol. The first kappa shape index (κ1) is 10.6. The van der Waals surface area contributed by atoms with Crippen molar-refractivity contribution in [2.75, 3.05) is 5.32 Å². The Morgan fingerprint density at radius 3 is 2.23 bits per heavy atom. The van der Waals surface area contributed by atoms with Crippen molar-refractivity contribution >= 4 is 45.6 Å². The summed E-state index contributed by atoms with van der Waals surface area (Å²) in [6, 6.07) is 2.26. The van der Waals surface area contributed by atoms with E-state index < -0.39 is 11.6 Å². The fourth-order valence-electron chi connectivity index (χ4n) is 0.770. The van der Waals surface area contributed by atoms with E-state index in [-0.39, 0.29) is 14.4 Å². The summed E-state index contributed by atoms with van der Waals surface area (Å²) >= 11 is 6.09. The second kappa shape index (κ2) is 4.14. The summed E-state index contributed by atoms with van der Waals surface area (Å²) < 4.78 is 25.8. The van der Waals surface area contributed by atoms with Gasteiger partial charge in [-0.05, 0) is 46.9 Å². The van der Waals surface area contributed by atoms with Gasteiger partial charge in [0.2, 0.25) is 0 Å². The topological polar surface area (TPSA) is 38.0 Å². The van der Waals surface area contributed by atoms with Gasteiger partial charge in [0.1, 0.15) is 11.6 Å². The van der Waals surface area contributed by atoms with Gasteiger partial charge in [-0.1, -0.05) is 0 Å². The predicted molar refractivity (Wildman–Crippen MR) is 59.5 cm³/mol. The molecule has 6 heteroatoms. The fourth-order valence-corrected chi connectivity index (χ4v) is 1.20. The summed E-state index contributed by atoms with van der Waals surface area (Å²) in [6.45, 7) is 0. The van der Waals surface area contributed by atoms with Crippen molar-refractivity contribution in [2.45, 2.75) is 0 Å². The molecule has 1 rings (SSSR count). The molecule has 0 unspecified atom stereocenters. The van der Waals surface area contributed by atoms with E-state index in [1.165, 1.54) is 0 Å². The minimum atomic E-state index is -0.639. The van der Waals surface area contributed by atoms with Gasteiger partial charge in [0.05, 0.1) is 3.57 Å². The third-order valence-electron chi connectivity index (χ3n) is 1.25. The number of benzene rings is 1. The van der Waals surface area contributed by atoms with Gasteiger partial charge in [0.25, 0.3) is 0 Å². The smallest absolute Gasteiger partial charge is 0.168 e. The summed E-state index contributed by atoms with van der Waals surface area (Å²) in [7, 11) is 0. The number of rotatable bonds is 1. The predicted octanol–water partition coefficient (Wildman–Crippen LogP) is 2.22. The van der Waals surface area contributed by atoms with Crippen molar-refractivity contribution in [1.82, 2.24) is 0 Å². The van der Waals surface area contributed by atoms with Crippen LogP contribution < -0.4 is 11.1 Å².